The third kappa shape index (κ3) is 5.20. The molecule has 0 amide bonds. The molecular weight excluding hydrogens is 479 g/mol. The molecule has 0 saturated carbocycles. The Kier molecular flexibility index (Phi) is 7.37. The molecule has 0 fully saturated rings. The number of H-pyrrole nitrogens is 1. The van der Waals surface area contributed by atoms with Crippen LogP contribution in [0.2, 0.25) is 0 Å². The van der Waals surface area contributed by atoms with Crippen LogP contribution in [0, 0.1) is 5.82 Å². The normalized spacial score (nSPS) is 10.4. The SMILES string of the molecule is CC.O=C(c1ccc(Cc2ccc(F)cc2)o1)c1nc(-c2ccc(Br)cc2)[nH]c(=O)c1O. The van der Waals surface area contributed by atoms with E-state index in [0.717, 1.165) is 10.0 Å². The third-order valence-corrected chi connectivity index (χ3v) is 4.93. The molecule has 0 spiro atoms. The van der Waals surface area contributed by atoms with Crippen molar-refractivity contribution in [3.05, 3.63) is 104 Å². The summed E-state index contributed by atoms with van der Waals surface area (Å²) in [6, 6.07) is 15.9. The van der Waals surface area contributed by atoms with E-state index in [9.17, 15) is 19.1 Å². The van der Waals surface area contributed by atoms with E-state index in [1.807, 2.05) is 13.8 Å². The molecule has 6 nitrogen and oxygen atoms in total. The van der Waals surface area contributed by atoms with Crippen molar-refractivity contribution in [2.24, 2.45) is 0 Å². The van der Waals surface area contributed by atoms with E-state index in [-0.39, 0.29) is 17.4 Å². The number of halogens is 2. The molecule has 2 heterocycles. The zero-order valence-corrected chi connectivity index (χ0v) is 18.9. The van der Waals surface area contributed by atoms with Gasteiger partial charge in [-0.05, 0) is 42.0 Å². The highest BCUT2D eigenvalue weighted by atomic mass is 79.9. The first-order valence-corrected chi connectivity index (χ1v) is 10.7. The maximum absolute atomic E-state index is 13.0. The molecule has 0 atom stereocenters. The van der Waals surface area contributed by atoms with Crippen molar-refractivity contribution < 1.29 is 18.7 Å². The van der Waals surface area contributed by atoms with Gasteiger partial charge < -0.3 is 14.5 Å². The van der Waals surface area contributed by atoms with Gasteiger partial charge in [-0.25, -0.2) is 9.37 Å². The van der Waals surface area contributed by atoms with Crippen molar-refractivity contribution in [1.29, 1.82) is 0 Å². The molecule has 0 bridgehead atoms. The predicted molar refractivity (Wildman–Crippen MR) is 122 cm³/mol. The highest BCUT2D eigenvalue weighted by molar-refractivity contribution is 9.10. The Hall–Kier alpha value is -3.52. The lowest BCUT2D eigenvalue weighted by atomic mass is 10.1. The van der Waals surface area contributed by atoms with Crippen LogP contribution in [0.25, 0.3) is 11.4 Å². The lowest BCUT2D eigenvalue weighted by molar-refractivity contribution is 0.0999. The maximum atomic E-state index is 13.0. The number of hydrogen-bond donors (Lipinski definition) is 2. The second kappa shape index (κ2) is 10.2. The molecule has 0 aliphatic heterocycles. The van der Waals surface area contributed by atoms with Gasteiger partial charge >= 0.3 is 0 Å². The number of nitrogens with one attached hydrogen (secondary N) is 1. The number of aromatic nitrogens is 2. The number of hydrogen-bond acceptors (Lipinski definition) is 5. The van der Waals surface area contributed by atoms with Crippen molar-refractivity contribution >= 4 is 21.7 Å². The molecule has 0 aliphatic carbocycles. The number of aromatic amines is 1. The third-order valence-electron chi connectivity index (χ3n) is 4.40. The van der Waals surface area contributed by atoms with Crippen LogP contribution in [-0.2, 0) is 6.42 Å². The quantitative estimate of drug-likeness (QED) is 0.355. The van der Waals surface area contributed by atoms with Crippen LogP contribution in [0.15, 0.2) is 74.3 Å². The summed E-state index contributed by atoms with van der Waals surface area (Å²) < 4.78 is 19.5. The smallest absolute Gasteiger partial charge is 0.294 e. The fourth-order valence-electron chi connectivity index (χ4n) is 2.88. The molecule has 0 saturated heterocycles. The number of furan rings is 1. The molecule has 8 heteroatoms. The standard InChI is InChI=1S/C22H14BrFN2O4.C2H6/c23-14-5-3-13(4-6-14)21-25-18(20(28)22(29)26-21)19(27)17-10-9-16(30-17)11-12-1-7-15(24)8-2-12;1-2/h1-10,28H,11H2,(H,25,26,29);1-2H3. The van der Waals surface area contributed by atoms with E-state index >= 15 is 0 Å². The summed E-state index contributed by atoms with van der Waals surface area (Å²) >= 11 is 3.32. The number of carbonyl (C=O) groups excluding carboxylic acids is 1. The van der Waals surface area contributed by atoms with Crippen LogP contribution >= 0.6 is 15.9 Å². The van der Waals surface area contributed by atoms with Crippen LogP contribution in [0.4, 0.5) is 4.39 Å². The van der Waals surface area contributed by atoms with Crippen molar-refractivity contribution in [2.75, 3.05) is 0 Å². The molecule has 2 aromatic carbocycles. The average Bonchev–Trinajstić information content (AvgIpc) is 3.27. The van der Waals surface area contributed by atoms with Crippen LogP contribution in [0.5, 0.6) is 5.75 Å². The summed E-state index contributed by atoms with van der Waals surface area (Å²) in [6.07, 6.45) is 0.354. The largest absolute Gasteiger partial charge is 0.501 e. The zero-order chi connectivity index (χ0) is 23.3. The maximum Gasteiger partial charge on any atom is 0.294 e. The van der Waals surface area contributed by atoms with Gasteiger partial charge in [-0.3, -0.25) is 9.59 Å². The Bertz CT molecular complexity index is 1280. The number of benzene rings is 2. The van der Waals surface area contributed by atoms with E-state index < -0.39 is 22.8 Å². The van der Waals surface area contributed by atoms with Crippen LogP contribution < -0.4 is 5.56 Å². The van der Waals surface area contributed by atoms with Gasteiger partial charge in [0.1, 0.15) is 17.4 Å². The highest BCUT2D eigenvalue weighted by Gasteiger charge is 2.23. The van der Waals surface area contributed by atoms with E-state index in [0.29, 0.717) is 17.7 Å². The molecule has 2 aromatic heterocycles. The number of aromatic hydroxyl groups is 1. The second-order valence-corrected chi connectivity index (χ2v) is 7.43. The molecule has 0 radical (unpaired) electrons. The van der Waals surface area contributed by atoms with Crippen molar-refractivity contribution in [2.45, 2.75) is 20.3 Å². The molecule has 0 aliphatic rings. The Morgan fingerprint density at radius 2 is 1.72 bits per heavy atom. The lowest BCUT2D eigenvalue weighted by Crippen LogP contribution is -2.15. The van der Waals surface area contributed by atoms with Crippen molar-refractivity contribution in [3.8, 4) is 17.1 Å². The summed E-state index contributed by atoms with van der Waals surface area (Å²) in [5.41, 5.74) is 0.143. The minimum absolute atomic E-state index is 0.0673. The van der Waals surface area contributed by atoms with Gasteiger partial charge in [-0.15, -0.1) is 0 Å². The molecule has 32 heavy (non-hydrogen) atoms. The van der Waals surface area contributed by atoms with Crippen molar-refractivity contribution in [1.82, 2.24) is 9.97 Å². The summed E-state index contributed by atoms with van der Waals surface area (Å²) in [4.78, 5) is 31.6. The van der Waals surface area contributed by atoms with Gasteiger partial charge in [-0.2, -0.15) is 0 Å². The Balaban J connectivity index is 0.00000141. The summed E-state index contributed by atoms with van der Waals surface area (Å²) in [7, 11) is 0. The van der Waals surface area contributed by atoms with Crippen LogP contribution in [0.3, 0.4) is 0 Å². The molecular formula is C24H20BrFN2O4. The molecule has 0 unspecified atom stereocenters. The molecule has 164 valence electrons. The first kappa shape index (κ1) is 23.1. The molecule has 4 rings (SSSR count). The molecule has 2 N–H and O–H groups in total. The minimum Gasteiger partial charge on any atom is -0.501 e. The van der Waals surface area contributed by atoms with Gasteiger partial charge in [0.2, 0.25) is 5.75 Å². The van der Waals surface area contributed by atoms with Crippen molar-refractivity contribution in [3.63, 3.8) is 0 Å². The summed E-state index contributed by atoms with van der Waals surface area (Å²) in [6.45, 7) is 4.00. The Morgan fingerprint density at radius 1 is 1.06 bits per heavy atom. The fourth-order valence-corrected chi connectivity index (χ4v) is 3.15. The lowest BCUT2D eigenvalue weighted by Gasteiger charge is -2.05. The minimum atomic E-state index is -0.829. The number of nitrogens with zero attached hydrogens (tertiary/aromatic N) is 1. The highest BCUT2D eigenvalue weighted by Crippen LogP contribution is 2.23. The van der Waals surface area contributed by atoms with Gasteiger partial charge in [0, 0.05) is 16.5 Å². The van der Waals surface area contributed by atoms with Crippen LogP contribution in [-0.4, -0.2) is 20.9 Å². The van der Waals surface area contributed by atoms with Crippen LogP contribution in [0.1, 0.15) is 41.4 Å². The second-order valence-electron chi connectivity index (χ2n) is 6.52. The average molecular weight is 499 g/mol. The van der Waals surface area contributed by atoms with Gasteiger partial charge in [-0.1, -0.05) is 54.0 Å². The van der Waals surface area contributed by atoms with Gasteiger partial charge in [0.15, 0.2) is 11.5 Å². The molecule has 4 aromatic rings. The summed E-state index contributed by atoms with van der Waals surface area (Å²) in [5, 5.41) is 10.1. The first-order chi connectivity index (χ1) is 15.4. The van der Waals surface area contributed by atoms with E-state index in [1.54, 1.807) is 42.5 Å². The zero-order valence-electron chi connectivity index (χ0n) is 17.4. The van der Waals surface area contributed by atoms with E-state index in [2.05, 4.69) is 25.9 Å². The Labute approximate surface area is 191 Å². The van der Waals surface area contributed by atoms with E-state index in [4.69, 9.17) is 4.42 Å². The number of carbonyl (C=O) groups is 1. The summed E-state index contributed by atoms with van der Waals surface area (Å²) in [5.74, 6) is -1.29. The monoisotopic (exact) mass is 498 g/mol. The first-order valence-electron chi connectivity index (χ1n) is 9.88. The van der Waals surface area contributed by atoms with Gasteiger partial charge in [0.25, 0.3) is 11.3 Å². The number of rotatable bonds is 5. The topological polar surface area (TPSA) is 96.2 Å². The fraction of sp³-hybridized carbons (Fsp3) is 0.125. The van der Waals surface area contributed by atoms with E-state index in [1.165, 1.54) is 18.2 Å². The Morgan fingerprint density at radius 3 is 2.38 bits per heavy atom. The predicted octanol–water partition coefficient (Wildman–Crippen LogP) is 5.49. The van der Waals surface area contributed by atoms with Gasteiger partial charge in [0.05, 0.1) is 0 Å². The number of ketones is 1.